The Bertz CT molecular complexity index is 801. The fourth-order valence-electron chi connectivity index (χ4n) is 1.79. The van der Waals surface area contributed by atoms with Crippen molar-refractivity contribution in [1.82, 2.24) is 0 Å². The van der Waals surface area contributed by atoms with Gasteiger partial charge < -0.3 is 10.1 Å². The lowest BCUT2D eigenvalue weighted by Gasteiger charge is -2.15. The molecular formula is C15H11ClF2N2O4. The number of nitrogens with zero attached hydrogens (tertiary/aromatic N) is 1. The van der Waals surface area contributed by atoms with Gasteiger partial charge in [0.2, 0.25) is 5.82 Å². The molecular weight excluding hydrogens is 346 g/mol. The van der Waals surface area contributed by atoms with Crippen LogP contribution in [-0.2, 0) is 4.79 Å². The van der Waals surface area contributed by atoms with Gasteiger partial charge in [0.15, 0.2) is 6.10 Å². The van der Waals surface area contributed by atoms with Crippen molar-refractivity contribution in [3.63, 3.8) is 0 Å². The number of nitro benzene ring substituents is 1. The molecule has 2 rings (SSSR count). The number of hydrogen-bond acceptors (Lipinski definition) is 4. The zero-order valence-corrected chi connectivity index (χ0v) is 13.0. The Hall–Kier alpha value is -2.74. The average molecular weight is 357 g/mol. The van der Waals surface area contributed by atoms with Crippen molar-refractivity contribution in [3.05, 3.63) is 63.2 Å². The molecule has 0 radical (unpaired) electrons. The minimum Gasteiger partial charge on any atom is -0.479 e. The third-order valence-corrected chi connectivity index (χ3v) is 3.27. The number of carbonyl (C=O) groups excluding carboxylic acids is 1. The zero-order chi connectivity index (χ0) is 17.9. The van der Waals surface area contributed by atoms with Gasteiger partial charge in [0.25, 0.3) is 5.91 Å². The smallest absolute Gasteiger partial charge is 0.306 e. The van der Waals surface area contributed by atoms with Crippen LogP contribution in [0.1, 0.15) is 6.92 Å². The summed E-state index contributed by atoms with van der Waals surface area (Å²) in [6, 6.07) is 6.36. The third-order valence-electron chi connectivity index (χ3n) is 2.98. The Morgan fingerprint density at radius 3 is 2.62 bits per heavy atom. The molecule has 1 N–H and O–H groups in total. The summed E-state index contributed by atoms with van der Waals surface area (Å²) in [6.07, 6.45) is -1.03. The van der Waals surface area contributed by atoms with E-state index in [9.17, 15) is 23.7 Å². The third kappa shape index (κ3) is 4.17. The van der Waals surface area contributed by atoms with Gasteiger partial charge in [0.05, 0.1) is 9.95 Å². The van der Waals surface area contributed by atoms with Crippen LogP contribution >= 0.6 is 11.6 Å². The van der Waals surface area contributed by atoms with Crippen molar-refractivity contribution in [1.29, 1.82) is 0 Å². The number of carbonyl (C=O) groups is 1. The highest BCUT2D eigenvalue weighted by Gasteiger charge is 2.19. The van der Waals surface area contributed by atoms with Crippen LogP contribution < -0.4 is 10.1 Å². The molecule has 0 bridgehead atoms. The number of anilines is 1. The highest BCUT2D eigenvalue weighted by atomic mass is 35.5. The monoisotopic (exact) mass is 356 g/mol. The van der Waals surface area contributed by atoms with E-state index >= 15 is 0 Å². The van der Waals surface area contributed by atoms with E-state index in [1.807, 2.05) is 0 Å². The molecule has 126 valence electrons. The van der Waals surface area contributed by atoms with Crippen molar-refractivity contribution in [2.24, 2.45) is 0 Å². The number of amides is 1. The number of nitro groups is 1. The molecule has 0 aliphatic carbocycles. The Labute approximate surface area is 140 Å². The maximum atomic E-state index is 13.3. The van der Waals surface area contributed by atoms with Gasteiger partial charge in [-0.2, -0.15) is 4.39 Å². The largest absolute Gasteiger partial charge is 0.479 e. The molecule has 0 saturated carbocycles. The van der Waals surface area contributed by atoms with Crippen molar-refractivity contribution >= 4 is 28.9 Å². The second-order valence-corrected chi connectivity index (χ2v) is 5.15. The SMILES string of the molecule is CC(Oc1ccc(F)cc1Cl)C(=O)Nc1ccc(F)c([N+](=O)[O-])c1. The van der Waals surface area contributed by atoms with Crippen molar-refractivity contribution in [2.45, 2.75) is 13.0 Å². The molecule has 0 heterocycles. The average Bonchev–Trinajstić information content (AvgIpc) is 2.51. The lowest BCUT2D eigenvalue weighted by Crippen LogP contribution is -2.30. The van der Waals surface area contributed by atoms with Crippen molar-refractivity contribution < 1.29 is 23.2 Å². The number of ether oxygens (including phenoxy) is 1. The Morgan fingerprint density at radius 2 is 2.00 bits per heavy atom. The minimum absolute atomic E-state index is 0.00734. The van der Waals surface area contributed by atoms with Gasteiger partial charge >= 0.3 is 5.69 Å². The van der Waals surface area contributed by atoms with Crippen molar-refractivity contribution in [3.8, 4) is 5.75 Å². The van der Waals surface area contributed by atoms with Crippen LogP contribution in [-0.4, -0.2) is 16.9 Å². The minimum atomic E-state index is -1.03. The first-order valence-corrected chi connectivity index (χ1v) is 7.02. The van der Waals surface area contributed by atoms with Crippen LogP contribution in [0.5, 0.6) is 5.75 Å². The summed E-state index contributed by atoms with van der Waals surface area (Å²) in [5.41, 5.74) is -0.725. The molecule has 0 fully saturated rings. The van der Waals surface area contributed by atoms with Crippen molar-refractivity contribution in [2.75, 3.05) is 5.32 Å². The maximum absolute atomic E-state index is 13.3. The summed E-state index contributed by atoms with van der Waals surface area (Å²) >= 11 is 5.80. The van der Waals surface area contributed by atoms with E-state index in [2.05, 4.69) is 5.32 Å². The van der Waals surface area contributed by atoms with E-state index in [1.54, 1.807) is 0 Å². The first-order valence-electron chi connectivity index (χ1n) is 6.64. The number of nitrogens with one attached hydrogen (secondary N) is 1. The Balaban J connectivity index is 2.09. The molecule has 6 nitrogen and oxygen atoms in total. The summed E-state index contributed by atoms with van der Waals surface area (Å²) < 4.78 is 31.5. The summed E-state index contributed by atoms with van der Waals surface area (Å²) in [6.45, 7) is 1.41. The number of halogens is 3. The lowest BCUT2D eigenvalue weighted by atomic mass is 10.2. The molecule has 0 saturated heterocycles. The predicted molar refractivity (Wildman–Crippen MR) is 83.2 cm³/mol. The molecule has 1 unspecified atom stereocenters. The summed E-state index contributed by atoms with van der Waals surface area (Å²) in [5, 5.41) is 13.0. The molecule has 1 amide bonds. The molecule has 2 aromatic carbocycles. The topological polar surface area (TPSA) is 81.5 Å². The summed E-state index contributed by atoms with van der Waals surface area (Å²) in [5.74, 6) is -2.11. The number of rotatable bonds is 5. The van der Waals surface area contributed by atoms with E-state index in [1.165, 1.54) is 19.1 Å². The second-order valence-electron chi connectivity index (χ2n) is 4.75. The summed E-state index contributed by atoms with van der Waals surface area (Å²) in [4.78, 5) is 21.8. The molecule has 1 atom stereocenters. The van der Waals surface area contributed by atoms with Gasteiger partial charge in [-0.15, -0.1) is 0 Å². The van der Waals surface area contributed by atoms with Gasteiger partial charge in [0.1, 0.15) is 11.6 Å². The van der Waals surface area contributed by atoms with E-state index in [0.29, 0.717) is 0 Å². The number of benzene rings is 2. The molecule has 0 spiro atoms. The quantitative estimate of drug-likeness (QED) is 0.650. The molecule has 0 aliphatic heterocycles. The van der Waals surface area contributed by atoms with Gasteiger partial charge in [0, 0.05) is 11.8 Å². The zero-order valence-electron chi connectivity index (χ0n) is 12.3. The standard InChI is InChI=1S/C15H11ClF2N2O4/c1-8(24-14-5-2-9(17)6-11(14)16)15(21)19-10-3-4-12(18)13(7-10)20(22)23/h2-8H,1H3,(H,19,21). The molecule has 24 heavy (non-hydrogen) atoms. The van der Waals surface area contributed by atoms with Crippen LogP contribution in [0.4, 0.5) is 20.2 Å². The Morgan fingerprint density at radius 1 is 1.29 bits per heavy atom. The summed E-state index contributed by atoms with van der Waals surface area (Å²) in [7, 11) is 0. The first kappa shape index (κ1) is 17.6. The second kappa shape index (κ2) is 7.22. The van der Waals surface area contributed by atoms with Crippen LogP contribution in [0, 0.1) is 21.7 Å². The maximum Gasteiger partial charge on any atom is 0.306 e. The van der Waals surface area contributed by atoms with Crippen LogP contribution in [0.3, 0.4) is 0 Å². The fourth-order valence-corrected chi connectivity index (χ4v) is 2.00. The van der Waals surface area contributed by atoms with Crippen LogP contribution in [0.25, 0.3) is 0 Å². The predicted octanol–water partition coefficient (Wildman–Crippen LogP) is 3.93. The highest BCUT2D eigenvalue weighted by molar-refractivity contribution is 6.32. The first-order chi connectivity index (χ1) is 11.3. The van der Waals surface area contributed by atoms with Gasteiger partial charge in [-0.1, -0.05) is 11.6 Å². The van der Waals surface area contributed by atoms with E-state index < -0.39 is 34.3 Å². The Kier molecular flexibility index (Phi) is 5.30. The molecule has 2 aromatic rings. The fraction of sp³-hybridized carbons (Fsp3) is 0.133. The van der Waals surface area contributed by atoms with Gasteiger partial charge in [-0.25, -0.2) is 4.39 Å². The van der Waals surface area contributed by atoms with Gasteiger partial charge in [-0.3, -0.25) is 14.9 Å². The molecule has 0 aromatic heterocycles. The molecule has 0 aliphatic rings. The molecule has 9 heteroatoms. The van der Waals surface area contributed by atoms with E-state index in [0.717, 1.165) is 24.3 Å². The lowest BCUT2D eigenvalue weighted by molar-refractivity contribution is -0.387. The normalized spacial score (nSPS) is 11.7. The van der Waals surface area contributed by atoms with E-state index in [4.69, 9.17) is 16.3 Å². The van der Waals surface area contributed by atoms with Gasteiger partial charge in [-0.05, 0) is 37.3 Å². The number of hydrogen-bond donors (Lipinski definition) is 1. The van der Waals surface area contributed by atoms with Crippen LogP contribution in [0.15, 0.2) is 36.4 Å². The van der Waals surface area contributed by atoms with Crippen LogP contribution in [0.2, 0.25) is 5.02 Å². The van der Waals surface area contributed by atoms with E-state index in [-0.39, 0.29) is 16.5 Å². The highest BCUT2D eigenvalue weighted by Crippen LogP contribution is 2.26.